The van der Waals surface area contributed by atoms with Crippen LogP contribution in [0, 0.1) is 5.92 Å². The van der Waals surface area contributed by atoms with E-state index >= 15 is 0 Å². The Balaban J connectivity index is 1.41. The second-order valence-electron chi connectivity index (χ2n) is 7.62. The quantitative estimate of drug-likeness (QED) is 0.860. The third kappa shape index (κ3) is 2.65. The van der Waals surface area contributed by atoms with Gasteiger partial charge in [-0.1, -0.05) is 0 Å². The Bertz CT molecular complexity index is 372. The zero-order chi connectivity index (χ0) is 14.3. The van der Waals surface area contributed by atoms with Gasteiger partial charge in [0, 0.05) is 25.2 Å². The topological polar surface area (TPSA) is 33.7 Å². The van der Waals surface area contributed by atoms with E-state index in [1.807, 2.05) is 0 Å². The van der Waals surface area contributed by atoms with E-state index in [9.17, 15) is 0 Å². The van der Waals surface area contributed by atoms with E-state index in [-0.39, 0.29) is 5.60 Å². The molecule has 1 spiro atoms. The highest BCUT2D eigenvalue weighted by molar-refractivity contribution is 4.99. The van der Waals surface area contributed by atoms with E-state index in [1.165, 1.54) is 51.5 Å². The number of hydrogen-bond acceptors (Lipinski definition) is 4. The highest BCUT2D eigenvalue weighted by Gasteiger charge is 2.46. The molecule has 4 fully saturated rings. The largest absolute Gasteiger partial charge is 0.375 e. The molecule has 120 valence electrons. The number of likely N-dealkylation sites (N-methyl/N-ethyl adjacent to an activating group) is 1. The number of nitrogens with zero attached hydrogens (tertiary/aromatic N) is 1. The van der Waals surface area contributed by atoms with Crippen LogP contribution in [0.5, 0.6) is 0 Å². The minimum atomic E-state index is 0.239. The number of nitrogens with one attached hydrogen (secondary N) is 1. The summed E-state index contributed by atoms with van der Waals surface area (Å²) in [5, 5.41) is 3.60. The predicted molar refractivity (Wildman–Crippen MR) is 82.4 cm³/mol. The average Bonchev–Trinajstić information content (AvgIpc) is 2.94. The molecule has 21 heavy (non-hydrogen) atoms. The molecule has 3 saturated heterocycles. The van der Waals surface area contributed by atoms with Gasteiger partial charge in [-0.05, 0) is 64.5 Å². The normalized spacial score (nSPS) is 40.7. The molecule has 0 amide bonds. The molecule has 0 aromatic heterocycles. The van der Waals surface area contributed by atoms with Gasteiger partial charge < -0.3 is 14.8 Å². The molecular formula is C17H30N2O2. The van der Waals surface area contributed by atoms with Crippen LogP contribution < -0.4 is 5.32 Å². The number of ether oxygens (including phenoxy) is 2. The molecule has 0 aromatic rings. The van der Waals surface area contributed by atoms with Gasteiger partial charge in [-0.15, -0.1) is 0 Å². The lowest BCUT2D eigenvalue weighted by atomic mass is 9.69. The molecule has 4 rings (SSSR count). The Hall–Kier alpha value is -0.160. The van der Waals surface area contributed by atoms with Gasteiger partial charge in [0.2, 0.25) is 0 Å². The summed E-state index contributed by atoms with van der Waals surface area (Å²) in [5.41, 5.74) is 0.239. The van der Waals surface area contributed by atoms with Crippen molar-refractivity contribution in [2.24, 2.45) is 5.92 Å². The van der Waals surface area contributed by atoms with Crippen LogP contribution in [0.15, 0.2) is 0 Å². The zero-order valence-corrected chi connectivity index (χ0v) is 13.4. The highest BCUT2D eigenvalue weighted by Crippen LogP contribution is 2.45. The van der Waals surface area contributed by atoms with Gasteiger partial charge in [0.15, 0.2) is 0 Å². The van der Waals surface area contributed by atoms with E-state index in [0.29, 0.717) is 24.1 Å². The van der Waals surface area contributed by atoms with Crippen LogP contribution in [0.4, 0.5) is 0 Å². The summed E-state index contributed by atoms with van der Waals surface area (Å²) < 4.78 is 12.4. The molecule has 4 aliphatic rings. The molecule has 0 bridgehead atoms. The fraction of sp³-hybridized carbons (Fsp3) is 1.00. The summed E-state index contributed by atoms with van der Waals surface area (Å²) in [7, 11) is 2.12. The number of rotatable bonds is 3. The van der Waals surface area contributed by atoms with Crippen molar-refractivity contribution < 1.29 is 9.47 Å². The van der Waals surface area contributed by atoms with Gasteiger partial charge in [0.05, 0.1) is 18.3 Å². The van der Waals surface area contributed by atoms with E-state index in [0.717, 1.165) is 19.8 Å². The van der Waals surface area contributed by atoms with Gasteiger partial charge in [0.1, 0.15) is 0 Å². The third-order valence-corrected chi connectivity index (χ3v) is 6.45. The predicted octanol–water partition coefficient (Wildman–Crippen LogP) is 1.79. The second-order valence-corrected chi connectivity index (χ2v) is 7.62. The van der Waals surface area contributed by atoms with Crippen molar-refractivity contribution in [1.82, 2.24) is 10.2 Å². The molecule has 1 saturated carbocycles. The lowest BCUT2D eigenvalue weighted by Gasteiger charge is -2.50. The molecular weight excluding hydrogens is 264 g/mol. The average molecular weight is 294 g/mol. The lowest BCUT2D eigenvalue weighted by Crippen LogP contribution is -2.58. The van der Waals surface area contributed by atoms with Crippen molar-refractivity contribution in [3.05, 3.63) is 0 Å². The van der Waals surface area contributed by atoms with Crippen LogP contribution >= 0.6 is 0 Å². The Morgan fingerprint density at radius 1 is 1.24 bits per heavy atom. The van der Waals surface area contributed by atoms with Crippen molar-refractivity contribution in [3.8, 4) is 0 Å². The van der Waals surface area contributed by atoms with Crippen molar-refractivity contribution in [3.63, 3.8) is 0 Å². The maximum atomic E-state index is 6.27. The Morgan fingerprint density at radius 2 is 2.14 bits per heavy atom. The van der Waals surface area contributed by atoms with Crippen LogP contribution in [0.3, 0.4) is 0 Å². The van der Waals surface area contributed by atoms with Crippen LogP contribution in [0.2, 0.25) is 0 Å². The van der Waals surface area contributed by atoms with Crippen LogP contribution in [-0.2, 0) is 9.47 Å². The summed E-state index contributed by atoms with van der Waals surface area (Å²) in [4.78, 5) is 2.66. The van der Waals surface area contributed by atoms with E-state index in [2.05, 4.69) is 17.3 Å². The molecule has 1 N–H and O–H groups in total. The van der Waals surface area contributed by atoms with Gasteiger partial charge in [-0.3, -0.25) is 4.90 Å². The van der Waals surface area contributed by atoms with Crippen LogP contribution in [0.25, 0.3) is 0 Å². The van der Waals surface area contributed by atoms with E-state index in [1.54, 1.807) is 0 Å². The van der Waals surface area contributed by atoms with Crippen molar-refractivity contribution in [2.45, 2.75) is 68.7 Å². The highest BCUT2D eigenvalue weighted by atomic mass is 16.5. The number of hydrogen-bond donors (Lipinski definition) is 1. The number of fused-ring (bicyclic) bond motifs is 1. The van der Waals surface area contributed by atoms with Gasteiger partial charge in [-0.25, -0.2) is 0 Å². The molecule has 4 heteroatoms. The lowest BCUT2D eigenvalue weighted by molar-refractivity contribution is -0.157. The summed E-state index contributed by atoms with van der Waals surface area (Å²) in [5.74, 6) is 0.716. The first kappa shape index (κ1) is 14.4. The van der Waals surface area contributed by atoms with Crippen LogP contribution in [-0.4, -0.2) is 62.0 Å². The maximum Gasteiger partial charge on any atom is 0.0858 e. The standard InChI is InChI=1S/C17H30N2O2/c1-18-16(13-5-9-21-17(10-13)6-3-7-17)15-11-19-8-2-4-14(19)12-20-15/h13-16,18H,2-12H2,1H3. The minimum absolute atomic E-state index is 0.239. The molecule has 4 nitrogen and oxygen atoms in total. The number of morpholine rings is 1. The Kier molecular flexibility index (Phi) is 3.99. The SMILES string of the molecule is CNC(C1CCOC2(CCC2)C1)C1CN2CCCC2CO1. The fourth-order valence-corrected chi connectivity index (χ4v) is 5.08. The van der Waals surface area contributed by atoms with Crippen molar-refractivity contribution in [1.29, 1.82) is 0 Å². The molecule has 0 radical (unpaired) electrons. The van der Waals surface area contributed by atoms with Gasteiger partial charge in [-0.2, -0.15) is 0 Å². The molecule has 4 atom stereocenters. The summed E-state index contributed by atoms with van der Waals surface area (Å²) in [6, 6.07) is 1.19. The van der Waals surface area contributed by atoms with Crippen LogP contribution in [0.1, 0.15) is 44.9 Å². The monoisotopic (exact) mass is 294 g/mol. The minimum Gasteiger partial charge on any atom is -0.375 e. The van der Waals surface area contributed by atoms with Gasteiger partial charge in [0.25, 0.3) is 0 Å². The Labute approximate surface area is 128 Å². The summed E-state index contributed by atoms with van der Waals surface area (Å²) >= 11 is 0. The molecule has 3 aliphatic heterocycles. The molecule has 1 aliphatic carbocycles. The van der Waals surface area contributed by atoms with Crippen molar-refractivity contribution >= 4 is 0 Å². The first-order valence-corrected chi connectivity index (χ1v) is 8.97. The maximum absolute atomic E-state index is 6.27. The molecule has 3 heterocycles. The second kappa shape index (κ2) is 5.80. The molecule has 0 aromatic carbocycles. The van der Waals surface area contributed by atoms with Crippen molar-refractivity contribution in [2.75, 3.05) is 33.4 Å². The van der Waals surface area contributed by atoms with E-state index < -0.39 is 0 Å². The first-order valence-electron chi connectivity index (χ1n) is 8.97. The first-order chi connectivity index (χ1) is 10.3. The fourth-order valence-electron chi connectivity index (χ4n) is 5.08. The summed E-state index contributed by atoms with van der Waals surface area (Å²) in [6.07, 6.45) is 9.39. The van der Waals surface area contributed by atoms with Gasteiger partial charge >= 0.3 is 0 Å². The summed E-state index contributed by atoms with van der Waals surface area (Å²) in [6.45, 7) is 4.29. The molecule has 4 unspecified atom stereocenters. The van der Waals surface area contributed by atoms with E-state index in [4.69, 9.17) is 9.47 Å². The smallest absolute Gasteiger partial charge is 0.0858 e. The third-order valence-electron chi connectivity index (χ3n) is 6.45. The Morgan fingerprint density at radius 3 is 2.90 bits per heavy atom. The zero-order valence-electron chi connectivity index (χ0n) is 13.4.